The van der Waals surface area contributed by atoms with Gasteiger partial charge in [0.15, 0.2) is 5.96 Å². The summed E-state index contributed by atoms with van der Waals surface area (Å²) >= 11 is 0. The lowest BCUT2D eigenvalue weighted by molar-refractivity contribution is -0.144. The van der Waals surface area contributed by atoms with Crippen molar-refractivity contribution in [1.82, 2.24) is 5.32 Å². The van der Waals surface area contributed by atoms with Crippen molar-refractivity contribution in [1.29, 1.82) is 0 Å². The van der Waals surface area contributed by atoms with E-state index in [9.17, 15) is 4.79 Å². The molecule has 0 bridgehead atoms. The van der Waals surface area contributed by atoms with Gasteiger partial charge in [0.2, 0.25) is 0 Å². The number of carbonyl (C=O) groups is 1. The SMILES string of the molecule is COC(=O)C(C)CN=C(N)NCC1CCC1. The van der Waals surface area contributed by atoms with Crippen molar-refractivity contribution in [3.63, 3.8) is 0 Å². The van der Waals surface area contributed by atoms with Gasteiger partial charge in [0, 0.05) is 6.54 Å². The topological polar surface area (TPSA) is 76.7 Å². The molecule has 0 aliphatic heterocycles. The molecule has 3 N–H and O–H groups in total. The fraction of sp³-hybridized carbons (Fsp3) is 0.818. The molecule has 0 aromatic heterocycles. The van der Waals surface area contributed by atoms with Crippen molar-refractivity contribution in [2.24, 2.45) is 22.6 Å². The van der Waals surface area contributed by atoms with Crippen LogP contribution >= 0.6 is 0 Å². The number of hydrogen-bond donors (Lipinski definition) is 2. The molecule has 0 aromatic carbocycles. The summed E-state index contributed by atoms with van der Waals surface area (Å²) in [5.41, 5.74) is 5.68. The molecule has 1 aliphatic rings. The number of rotatable bonds is 5. The number of nitrogens with one attached hydrogen (secondary N) is 1. The molecule has 0 spiro atoms. The van der Waals surface area contributed by atoms with Crippen LogP contribution in [0.15, 0.2) is 4.99 Å². The molecule has 16 heavy (non-hydrogen) atoms. The largest absolute Gasteiger partial charge is 0.469 e. The summed E-state index contributed by atoms with van der Waals surface area (Å²) in [5, 5.41) is 3.07. The quantitative estimate of drug-likeness (QED) is 0.407. The maximum absolute atomic E-state index is 11.1. The van der Waals surface area contributed by atoms with E-state index in [1.165, 1.54) is 26.4 Å². The number of guanidine groups is 1. The van der Waals surface area contributed by atoms with Gasteiger partial charge in [-0.25, -0.2) is 0 Å². The highest BCUT2D eigenvalue weighted by molar-refractivity contribution is 5.78. The predicted molar refractivity (Wildman–Crippen MR) is 63.0 cm³/mol. The minimum atomic E-state index is -0.254. The molecule has 5 heteroatoms. The summed E-state index contributed by atoms with van der Waals surface area (Å²) in [5.74, 6) is 0.666. The molecule has 0 radical (unpaired) electrons. The highest BCUT2D eigenvalue weighted by Crippen LogP contribution is 2.24. The van der Waals surface area contributed by atoms with Crippen LogP contribution in [0.2, 0.25) is 0 Å². The summed E-state index contributed by atoms with van der Waals surface area (Å²) in [6.07, 6.45) is 3.88. The zero-order valence-electron chi connectivity index (χ0n) is 10.0. The van der Waals surface area contributed by atoms with E-state index in [4.69, 9.17) is 5.73 Å². The van der Waals surface area contributed by atoms with Gasteiger partial charge in [0.05, 0.1) is 19.6 Å². The van der Waals surface area contributed by atoms with E-state index in [1.807, 2.05) is 0 Å². The molecule has 0 heterocycles. The lowest BCUT2D eigenvalue weighted by Crippen LogP contribution is -2.37. The average Bonchev–Trinajstić information content (AvgIpc) is 2.22. The second-order valence-corrected chi connectivity index (χ2v) is 4.33. The second-order valence-electron chi connectivity index (χ2n) is 4.33. The van der Waals surface area contributed by atoms with Crippen LogP contribution < -0.4 is 11.1 Å². The van der Waals surface area contributed by atoms with Crippen molar-refractivity contribution in [2.75, 3.05) is 20.2 Å². The number of methoxy groups -OCH3 is 1. The van der Waals surface area contributed by atoms with Crippen molar-refractivity contribution in [2.45, 2.75) is 26.2 Å². The minimum absolute atomic E-state index is 0.242. The normalized spacial score (nSPS) is 18.8. The number of hydrogen-bond acceptors (Lipinski definition) is 3. The Balaban J connectivity index is 2.18. The van der Waals surface area contributed by atoms with E-state index in [0.29, 0.717) is 12.5 Å². The third kappa shape index (κ3) is 4.08. The van der Waals surface area contributed by atoms with E-state index in [-0.39, 0.29) is 11.9 Å². The van der Waals surface area contributed by atoms with E-state index < -0.39 is 0 Å². The molecule has 0 saturated heterocycles. The Morgan fingerprint density at radius 3 is 2.81 bits per heavy atom. The van der Waals surface area contributed by atoms with Gasteiger partial charge in [-0.3, -0.25) is 9.79 Å². The molecule has 5 nitrogen and oxygen atoms in total. The zero-order valence-corrected chi connectivity index (χ0v) is 10.0. The molecule has 1 fully saturated rings. The Bertz CT molecular complexity index is 262. The van der Waals surface area contributed by atoms with Crippen molar-refractivity contribution >= 4 is 11.9 Å². The highest BCUT2D eigenvalue weighted by Gasteiger charge is 2.17. The van der Waals surface area contributed by atoms with Gasteiger partial charge in [-0.05, 0) is 18.8 Å². The third-order valence-electron chi connectivity index (χ3n) is 2.94. The molecular weight excluding hydrogens is 206 g/mol. The molecule has 1 atom stereocenters. The average molecular weight is 227 g/mol. The summed E-state index contributed by atoms with van der Waals surface area (Å²) < 4.78 is 4.60. The molecule has 1 saturated carbocycles. The number of carbonyl (C=O) groups excluding carboxylic acids is 1. The number of nitrogens with two attached hydrogens (primary N) is 1. The van der Waals surface area contributed by atoms with Crippen LogP contribution in [-0.2, 0) is 9.53 Å². The first-order chi connectivity index (χ1) is 7.63. The number of aliphatic imine (C=N–C) groups is 1. The fourth-order valence-electron chi connectivity index (χ4n) is 1.51. The van der Waals surface area contributed by atoms with Gasteiger partial charge >= 0.3 is 5.97 Å². The van der Waals surface area contributed by atoms with Gasteiger partial charge in [0.1, 0.15) is 0 Å². The smallest absolute Gasteiger partial charge is 0.310 e. The van der Waals surface area contributed by atoms with Crippen LogP contribution in [0.1, 0.15) is 26.2 Å². The molecule has 1 aliphatic carbocycles. The monoisotopic (exact) mass is 227 g/mol. The highest BCUT2D eigenvalue weighted by atomic mass is 16.5. The molecule has 92 valence electrons. The van der Waals surface area contributed by atoms with Crippen LogP contribution in [0.3, 0.4) is 0 Å². The van der Waals surface area contributed by atoms with E-state index in [1.54, 1.807) is 6.92 Å². The Labute approximate surface area is 96.4 Å². The molecule has 1 unspecified atom stereocenters. The van der Waals surface area contributed by atoms with Crippen LogP contribution in [-0.4, -0.2) is 32.1 Å². The lowest BCUT2D eigenvalue weighted by Gasteiger charge is -2.25. The standard InChI is InChI=1S/C11H21N3O2/c1-8(10(15)16-2)6-13-11(12)14-7-9-4-3-5-9/h8-9H,3-7H2,1-2H3,(H3,12,13,14). The Morgan fingerprint density at radius 2 is 2.31 bits per heavy atom. The number of nitrogens with zero attached hydrogens (tertiary/aromatic N) is 1. The predicted octanol–water partition coefficient (Wildman–Crippen LogP) is 0.500. The van der Waals surface area contributed by atoms with E-state index in [2.05, 4.69) is 15.0 Å². The fourth-order valence-corrected chi connectivity index (χ4v) is 1.51. The van der Waals surface area contributed by atoms with Crippen LogP contribution in [0.4, 0.5) is 0 Å². The maximum Gasteiger partial charge on any atom is 0.310 e. The second kappa shape index (κ2) is 6.35. The summed E-state index contributed by atoms with van der Waals surface area (Å²) in [6, 6.07) is 0. The Morgan fingerprint density at radius 1 is 1.62 bits per heavy atom. The van der Waals surface area contributed by atoms with E-state index >= 15 is 0 Å². The van der Waals surface area contributed by atoms with Gasteiger partial charge < -0.3 is 15.8 Å². The van der Waals surface area contributed by atoms with Crippen molar-refractivity contribution in [3.8, 4) is 0 Å². The molecular formula is C11H21N3O2. The molecule has 0 aromatic rings. The summed E-state index contributed by atoms with van der Waals surface area (Å²) in [7, 11) is 1.38. The Hall–Kier alpha value is -1.26. The first-order valence-electron chi connectivity index (χ1n) is 5.75. The maximum atomic E-state index is 11.1. The molecule has 1 rings (SSSR count). The number of ether oxygens (including phenoxy) is 1. The van der Waals surface area contributed by atoms with Gasteiger partial charge in [-0.15, -0.1) is 0 Å². The number of esters is 1. The van der Waals surface area contributed by atoms with Gasteiger partial charge in [-0.1, -0.05) is 13.3 Å². The van der Waals surface area contributed by atoms with Crippen molar-refractivity contribution in [3.05, 3.63) is 0 Å². The van der Waals surface area contributed by atoms with Crippen LogP contribution in [0.5, 0.6) is 0 Å². The summed E-state index contributed by atoms with van der Waals surface area (Å²) in [6.45, 7) is 3.03. The minimum Gasteiger partial charge on any atom is -0.469 e. The Kier molecular flexibility index (Phi) is 5.08. The molecule has 0 amide bonds. The van der Waals surface area contributed by atoms with E-state index in [0.717, 1.165) is 12.5 Å². The summed E-state index contributed by atoms with van der Waals surface area (Å²) in [4.78, 5) is 15.2. The van der Waals surface area contributed by atoms with Crippen molar-refractivity contribution < 1.29 is 9.53 Å². The third-order valence-corrected chi connectivity index (χ3v) is 2.94. The lowest BCUT2D eigenvalue weighted by atomic mass is 9.85. The first-order valence-corrected chi connectivity index (χ1v) is 5.75. The van der Waals surface area contributed by atoms with Gasteiger partial charge in [0.25, 0.3) is 0 Å². The van der Waals surface area contributed by atoms with Crippen LogP contribution in [0, 0.1) is 11.8 Å². The van der Waals surface area contributed by atoms with Crippen LogP contribution in [0.25, 0.3) is 0 Å². The van der Waals surface area contributed by atoms with Gasteiger partial charge in [-0.2, -0.15) is 0 Å². The zero-order chi connectivity index (χ0) is 12.0. The first kappa shape index (κ1) is 12.8.